The topological polar surface area (TPSA) is 15.3 Å². The summed E-state index contributed by atoms with van der Waals surface area (Å²) in [5.41, 5.74) is 0.829. The molecule has 0 saturated carbocycles. The maximum absolute atomic E-state index is 14.1. The first kappa shape index (κ1) is 21.1. The van der Waals surface area contributed by atoms with Crippen LogP contribution in [0.4, 0.5) is 4.39 Å². The van der Waals surface area contributed by atoms with Gasteiger partial charge in [0.05, 0.1) is 0 Å². The summed E-state index contributed by atoms with van der Waals surface area (Å²) in [7, 11) is 0. The summed E-state index contributed by atoms with van der Waals surface area (Å²) in [6.07, 6.45) is 3.76. The molecule has 120 valence electrons. The second kappa shape index (κ2) is 10.8. The van der Waals surface area contributed by atoms with Crippen LogP contribution in [0.15, 0.2) is 30.9 Å². The Morgan fingerprint density at radius 3 is 2.62 bits per heavy atom. The van der Waals surface area contributed by atoms with Gasteiger partial charge in [-0.3, -0.25) is 4.90 Å². The molecule has 0 aromatic heterocycles. The first-order valence-corrected chi connectivity index (χ1v) is 7.81. The maximum atomic E-state index is 14.1. The summed E-state index contributed by atoms with van der Waals surface area (Å²) in [6, 6.07) is 5.54. The lowest BCUT2D eigenvalue weighted by atomic mass is 9.99. The molecule has 1 heterocycles. The summed E-state index contributed by atoms with van der Waals surface area (Å²) in [6.45, 7) is 7.71. The van der Waals surface area contributed by atoms with Gasteiger partial charge in [-0.05, 0) is 53.6 Å². The summed E-state index contributed by atoms with van der Waals surface area (Å²) in [4.78, 5) is 2.38. The number of nitrogens with zero attached hydrogens (tertiary/aromatic N) is 1. The van der Waals surface area contributed by atoms with Crippen LogP contribution in [0.5, 0.6) is 0 Å². The van der Waals surface area contributed by atoms with Crippen molar-refractivity contribution in [2.75, 3.05) is 26.2 Å². The van der Waals surface area contributed by atoms with Crippen molar-refractivity contribution in [3.8, 4) is 0 Å². The zero-order valence-electron chi connectivity index (χ0n) is 11.9. The van der Waals surface area contributed by atoms with E-state index >= 15 is 0 Å². The van der Waals surface area contributed by atoms with Gasteiger partial charge in [0.1, 0.15) is 5.82 Å². The van der Waals surface area contributed by atoms with Crippen LogP contribution in [0.25, 0.3) is 0 Å². The summed E-state index contributed by atoms with van der Waals surface area (Å²) in [5.74, 6) is -0.0898. The van der Waals surface area contributed by atoms with E-state index in [0.717, 1.165) is 48.2 Å². The second-order valence-corrected chi connectivity index (χ2v) is 6.08. The Hall–Kier alpha value is 0.120. The Bertz CT molecular complexity index is 440. The highest BCUT2D eigenvalue weighted by Crippen LogP contribution is 2.29. The summed E-state index contributed by atoms with van der Waals surface area (Å²) < 4.78 is 15.2. The van der Waals surface area contributed by atoms with Gasteiger partial charge >= 0.3 is 0 Å². The number of hydrogen-bond acceptors (Lipinski definition) is 2. The van der Waals surface area contributed by atoms with Crippen LogP contribution in [0, 0.1) is 9.39 Å². The molecule has 1 atom stereocenters. The Morgan fingerprint density at radius 1 is 1.33 bits per heavy atom. The van der Waals surface area contributed by atoms with Crippen LogP contribution in [-0.4, -0.2) is 31.1 Å². The number of benzene rings is 1. The lowest BCUT2D eigenvalue weighted by molar-refractivity contribution is 0.163. The predicted molar refractivity (Wildman–Crippen MR) is 100 cm³/mol. The smallest absolute Gasteiger partial charge is 0.128 e. The third-order valence-electron chi connectivity index (χ3n) is 3.55. The molecule has 1 aromatic carbocycles. The van der Waals surface area contributed by atoms with Crippen molar-refractivity contribution in [3.63, 3.8) is 0 Å². The second-order valence-electron chi connectivity index (χ2n) is 4.83. The maximum Gasteiger partial charge on any atom is 0.128 e. The highest BCUT2D eigenvalue weighted by atomic mass is 127. The number of hydrogen-bond donors (Lipinski definition) is 1. The van der Waals surface area contributed by atoms with E-state index in [1.54, 1.807) is 6.07 Å². The van der Waals surface area contributed by atoms with E-state index in [4.69, 9.17) is 0 Å². The van der Waals surface area contributed by atoms with Crippen molar-refractivity contribution in [1.29, 1.82) is 0 Å². The van der Waals surface area contributed by atoms with Gasteiger partial charge in [0.2, 0.25) is 0 Å². The van der Waals surface area contributed by atoms with Gasteiger partial charge in [0.15, 0.2) is 0 Å². The van der Waals surface area contributed by atoms with Crippen LogP contribution < -0.4 is 5.32 Å². The van der Waals surface area contributed by atoms with Gasteiger partial charge in [-0.2, -0.15) is 0 Å². The van der Waals surface area contributed by atoms with Crippen molar-refractivity contribution in [2.45, 2.75) is 18.9 Å². The molecule has 0 amide bonds. The van der Waals surface area contributed by atoms with E-state index in [9.17, 15) is 4.39 Å². The average Bonchev–Trinajstić information content (AvgIpc) is 2.44. The van der Waals surface area contributed by atoms with Gasteiger partial charge < -0.3 is 5.32 Å². The predicted octanol–water partition coefficient (Wildman–Crippen LogP) is 4.19. The molecule has 0 unspecified atom stereocenters. The SMILES string of the molecule is C=CCC[C@H](c1cc(I)ccc1F)N1CCNCC1.Cl.Cl. The lowest BCUT2D eigenvalue weighted by Gasteiger charge is -2.35. The van der Waals surface area contributed by atoms with Crippen LogP contribution in [0.1, 0.15) is 24.4 Å². The van der Waals surface area contributed by atoms with Crippen LogP contribution in [0.2, 0.25) is 0 Å². The Balaban J connectivity index is 0.00000200. The third-order valence-corrected chi connectivity index (χ3v) is 4.22. The van der Waals surface area contributed by atoms with Crippen LogP contribution in [0.3, 0.4) is 0 Å². The first-order chi connectivity index (χ1) is 9.22. The van der Waals surface area contributed by atoms with E-state index in [-0.39, 0.29) is 36.7 Å². The van der Waals surface area contributed by atoms with E-state index < -0.39 is 0 Å². The van der Waals surface area contributed by atoms with Gasteiger partial charge in [-0.25, -0.2) is 4.39 Å². The number of allylic oxidation sites excluding steroid dienone is 1. The molecule has 1 aromatic rings. The number of nitrogens with one attached hydrogen (secondary N) is 1. The molecule has 2 rings (SSSR count). The average molecular weight is 447 g/mol. The minimum absolute atomic E-state index is 0. The minimum Gasteiger partial charge on any atom is -0.314 e. The Labute approximate surface area is 152 Å². The molecular weight excluding hydrogens is 425 g/mol. The highest BCUT2D eigenvalue weighted by molar-refractivity contribution is 14.1. The fourth-order valence-electron chi connectivity index (χ4n) is 2.57. The Morgan fingerprint density at radius 2 is 2.00 bits per heavy atom. The quantitative estimate of drug-likeness (QED) is 0.539. The number of rotatable bonds is 5. The molecule has 1 aliphatic heterocycles. The van der Waals surface area contributed by atoms with E-state index in [1.807, 2.05) is 18.2 Å². The molecule has 1 aliphatic rings. The minimum atomic E-state index is -0.0898. The molecule has 0 aliphatic carbocycles. The first-order valence-electron chi connectivity index (χ1n) is 6.73. The van der Waals surface area contributed by atoms with Crippen molar-refractivity contribution < 1.29 is 4.39 Å². The Kier molecular flexibility index (Phi) is 10.8. The van der Waals surface area contributed by atoms with Crippen molar-refractivity contribution in [1.82, 2.24) is 10.2 Å². The number of halogens is 4. The van der Waals surface area contributed by atoms with Gasteiger partial charge in [0.25, 0.3) is 0 Å². The lowest BCUT2D eigenvalue weighted by Crippen LogP contribution is -2.45. The molecule has 0 bridgehead atoms. The van der Waals surface area contributed by atoms with E-state index in [2.05, 4.69) is 39.4 Å². The van der Waals surface area contributed by atoms with Gasteiger partial charge in [-0.1, -0.05) is 6.08 Å². The van der Waals surface area contributed by atoms with E-state index in [0.29, 0.717) is 0 Å². The fourth-order valence-corrected chi connectivity index (χ4v) is 3.09. The number of piperazine rings is 1. The largest absolute Gasteiger partial charge is 0.314 e. The molecule has 21 heavy (non-hydrogen) atoms. The summed E-state index contributed by atoms with van der Waals surface area (Å²) >= 11 is 2.25. The molecular formula is C15H22Cl2FIN2. The van der Waals surface area contributed by atoms with Crippen molar-refractivity contribution in [2.24, 2.45) is 0 Å². The zero-order chi connectivity index (χ0) is 13.7. The monoisotopic (exact) mass is 446 g/mol. The molecule has 0 radical (unpaired) electrons. The standard InChI is InChI=1S/C15H20FIN2.2ClH/c1-2-3-4-15(19-9-7-18-8-10-19)13-11-12(17)5-6-14(13)16;;/h2,5-6,11,15,18H,1,3-4,7-10H2;2*1H/t15-;;/m1../s1. The van der Waals surface area contributed by atoms with E-state index in [1.165, 1.54) is 0 Å². The van der Waals surface area contributed by atoms with Crippen molar-refractivity contribution in [3.05, 3.63) is 45.8 Å². The van der Waals surface area contributed by atoms with Crippen LogP contribution in [-0.2, 0) is 0 Å². The fraction of sp³-hybridized carbons (Fsp3) is 0.467. The third kappa shape index (κ3) is 6.02. The molecule has 1 saturated heterocycles. The molecule has 1 fully saturated rings. The highest BCUT2D eigenvalue weighted by Gasteiger charge is 2.24. The van der Waals surface area contributed by atoms with Gasteiger partial charge in [-0.15, -0.1) is 31.4 Å². The molecule has 1 N–H and O–H groups in total. The van der Waals surface area contributed by atoms with Crippen molar-refractivity contribution >= 4 is 47.4 Å². The molecule has 0 spiro atoms. The zero-order valence-corrected chi connectivity index (χ0v) is 15.6. The normalized spacial score (nSPS) is 16.5. The van der Waals surface area contributed by atoms with Crippen LogP contribution >= 0.6 is 47.4 Å². The summed E-state index contributed by atoms with van der Waals surface area (Å²) in [5, 5.41) is 3.35. The molecule has 2 nitrogen and oxygen atoms in total. The molecule has 6 heteroatoms. The van der Waals surface area contributed by atoms with Gasteiger partial charge in [0, 0.05) is 41.4 Å².